The SMILES string of the molecule is CCCCCCOC(=O)c1cc(N)cn1C1CC1. The highest BCUT2D eigenvalue weighted by molar-refractivity contribution is 5.89. The van der Waals surface area contributed by atoms with Crippen molar-refractivity contribution < 1.29 is 9.53 Å². The van der Waals surface area contributed by atoms with E-state index in [1.807, 2.05) is 10.8 Å². The number of carbonyl (C=O) groups excluding carboxylic acids is 1. The minimum Gasteiger partial charge on any atom is -0.461 e. The Labute approximate surface area is 108 Å². The lowest BCUT2D eigenvalue weighted by Gasteiger charge is -2.07. The second kappa shape index (κ2) is 5.94. The van der Waals surface area contributed by atoms with E-state index in [-0.39, 0.29) is 5.97 Å². The average Bonchev–Trinajstić information content (AvgIpc) is 3.12. The van der Waals surface area contributed by atoms with Gasteiger partial charge in [0.1, 0.15) is 5.69 Å². The minimum atomic E-state index is -0.241. The van der Waals surface area contributed by atoms with Gasteiger partial charge in [-0.05, 0) is 25.3 Å². The molecule has 100 valence electrons. The summed E-state index contributed by atoms with van der Waals surface area (Å²) in [5.41, 5.74) is 6.99. The van der Waals surface area contributed by atoms with E-state index in [0.29, 0.717) is 24.0 Å². The van der Waals surface area contributed by atoms with Crippen molar-refractivity contribution >= 4 is 11.7 Å². The van der Waals surface area contributed by atoms with E-state index in [1.54, 1.807) is 6.07 Å². The molecule has 0 atom stereocenters. The molecule has 0 aromatic carbocycles. The van der Waals surface area contributed by atoms with Crippen LogP contribution in [0.4, 0.5) is 5.69 Å². The molecule has 0 aliphatic heterocycles. The van der Waals surface area contributed by atoms with E-state index < -0.39 is 0 Å². The fraction of sp³-hybridized carbons (Fsp3) is 0.643. The zero-order chi connectivity index (χ0) is 13.0. The van der Waals surface area contributed by atoms with Crippen molar-refractivity contribution in [3.63, 3.8) is 0 Å². The second-order valence-corrected chi connectivity index (χ2v) is 4.99. The van der Waals surface area contributed by atoms with Gasteiger partial charge in [-0.2, -0.15) is 0 Å². The Bertz CT molecular complexity index is 408. The maximum atomic E-state index is 11.9. The van der Waals surface area contributed by atoms with Crippen molar-refractivity contribution in [1.29, 1.82) is 0 Å². The number of unbranched alkanes of at least 4 members (excludes halogenated alkanes) is 3. The van der Waals surface area contributed by atoms with Gasteiger partial charge in [-0.25, -0.2) is 4.79 Å². The van der Waals surface area contributed by atoms with Crippen molar-refractivity contribution in [3.8, 4) is 0 Å². The molecule has 2 rings (SSSR count). The molecule has 1 aromatic rings. The molecule has 1 aliphatic rings. The first kappa shape index (κ1) is 13.0. The van der Waals surface area contributed by atoms with Gasteiger partial charge in [-0.3, -0.25) is 0 Å². The Hall–Kier alpha value is -1.45. The molecule has 1 fully saturated rings. The lowest BCUT2D eigenvalue weighted by Crippen LogP contribution is -2.11. The van der Waals surface area contributed by atoms with Gasteiger partial charge in [0.25, 0.3) is 0 Å². The van der Waals surface area contributed by atoms with Crippen molar-refractivity contribution in [2.24, 2.45) is 0 Å². The number of hydrogen-bond acceptors (Lipinski definition) is 3. The van der Waals surface area contributed by atoms with E-state index in [2.05, 4.69) is 6.92 Å². The Morgan fingerprint density at radius 3 is 2.89 bits per heavy atom. The van der Waals surface area contributed by atoms with Crippen LogP contribution in [0.3, 0.4) is 0 Å². The van der Waals surface area contributed by atoms with Crippen LogP contribution in [0.15, 0.2) is 12.3 Å². The predicted molar refractivity (Wildman–Crippen MR) is 71.5 cm³/mol. The highest BCUT2D eigenvalue weighted by Gasteiger charge is 2.28. The first-order valence-corrected chi connectivity index (χ1v) is 6.87. The summed E-state index contributed by atoms with van der Waals surface area (Å²) in [4.78, 5) is 11.9. The van der Waals surface area contributed by atoms with E-state index in [0.717, 1.165) is 25.7 Å². The number of nitrogen functional groups attached to an aromatic ring is 1. The van der Waals surface area contributed by atoms with Crippen LogP contribution in [-0.4, -0.2) is 17.1 Å². The third kappa shape index (κ3) is 3.28. The summed E-state index contributed by atoms with van der Waals surface area (Å²) >= 11 is 0. The molecule has 1 saturated carbocycles. The molecule has 4 nitrogen and oxygen atoms in total. The third-order valence-corrected chi connectivity index (χ3v) is 3.25. The van der Waals surface area contributed by atoms with Crippen LogP contribution in [0, 0.1) is 0 Å². The maximum absolute atomic E-state index is 11.9. The van der Waals surface area contributed by atoms with Crippen molar-refractivity contribution in [2.75, 3.05) is 12.3 Å². The summed E-state index contributed by atoms with van der Waals surface area (Å²) in [5, 5.41) is 0. The summed E-state index contributed by atoms with van der Waals surface area (Å²) in [6.07, 6.45) is 8.55. The zero-order valence-electron chi connectivity index (χ0n) is 11.0. The third-order valence-electron chi connectivity index (χ3n) is 3.25. The highest BCUT2D eigenvalue weighted by Crippen LogP contribution is 2.37. The quantitative estimate of drug-likeness (QED) is 0.597. The smallest absolute Gasteiger partial charge is 0.355 e. The molecule has 4 heteroatoms. The van der Waals surface area contributed by atoms with Crippen LogP contribution < -0.4 is 5.73 Å². The van der Waals surface area contributed by atoms with Gasteiger partial charge in [0.15, 0.2) is 0 Å². The van der Waals surface area contributed by atoms with Crippen molar-refractivity contribution in [1.82, 2.24) is 4.57 Å². The zero-order valence-corrected chi connectivity index (χ0v) is 11.0. The number of carbonyl (C=O) groups is 1. The lowest BCUT2D eigenvalue weighted by atomic mass is 10.2. The van der Waals surface area contributed by atoms with Gasteiger partial charge in [0, 0.05) is 12.2 Å². The Morgan fingerprint density at radius 2 is 2.22 bits per heavy atom. The predicted octanol–water partition coefficient (Wildman–Crippen LogP) is 3.14. The standard InChI is InChI=1S/C14H22N2O2/c1-2-3-4-5-8-18-14(17)13-9-11(15)10-16(13)12-6-7-12/h9-10,12H,2-8,15H2,1H3. The van der Waals surface area contributed by atoms with Crippen molar-refractivity contribution in [3.05, 3.63) is 18.0 Å². The fourth-order valence-electron chi connectivity index (χ4n) is 2.09. The van der Waals surface area contributed by atoms with E-state index in [4.69, 9.17) is 10.5 Å². The van der Waals surface area contributed by atoms with Crippen LogP contribution in [0.5, 0.6) is 0 Å². The molecule has 1 heterocycles. The fourth-order valence-corrected chi connectivity index (χ4v) is 2.09. The largest absolute Gasteiger partial charge is 0.461 e. The summed E-state index contributed by atoms with van der Waals surface area (Å²) in [7, 11) is 0. The minimum absolute atomic E-state index is 0.241. The first-order chi connectivity index (χ1) is 8.72. The van der Waals surface area contributed by atoms with Gasteiger partial charge in [-0.15, -0.1) is 0 Å². The highest BCUT2D eigenvalue weighted by atomic mass is 16.5. The van der Waals surface area contributed by atoms with Crippen molar-refractivity contribution in [2.45, 2.75) is 51.5 Å². The topological polar surface area (TPSA) is 57.2 Å². The molecule has 0 amide bonds. The number of esters is 1. The molecule has 0 unspecified atom stereocenters. The number of rotatable bonds is 7. The van der Waals surface area contributed by atoms with Gasteiger partial charge < -0.3 is 15.0 Å². The lowest BCUT2D eigenvalue weighted by molar-refractivity contribution is 0.0485. The van der Waals surface area contributed by atoms with E-state index >= 15 is 0 Å². The van der Waals surface area contributed by atoms with Crippen LogP contribution in [0.2, 0.25) is 0 Å². The number of aromatic nitrogens is 1. The molecule has 2 N–H and O–H groups in total. The number of nitrogens with zero attached hydrogens (tertiary/aromatic N) is 1. The van der Waals surface area contributed by atoms with E-state index in [1.165, 1.54) is 12.8 Å². The second-order valence-electron chi connectivity index (χ2n) is 4.99. The molecule has 0 saturated heterocycles. The number of ether oxygens (including phenoxy) is 1. The molecular formula is C14H22N2O2. The van der Waals surface area contributed by atoms with Gasteiger partial charge in [0.2, 0.25) is 0 Å². The van der Waals surface area contributed by atoms with Crippen LogP contribution in [0.25, 0.3) is 0 Å². The van der Waals surface area contributed by atoms with Gasteiger partial charge >= 0.3 is 5.97 Å². The summed E-state index contributed by atoms with van der Waals surface area (Å²) < 4.78 is 7.25. The summed E-state index contributed by atoms with van der Waals surface area (Å²) in [5.74, 6) is -0.241. The Balaban J connectivity index is 1.84. The van der Waals surface area contributed by atoms with Crippen LogP contribution in [-0.2, 0) is 4.74 Å². The number of hydrogen-bond donors (Lipinski definition) is 1. The van der Waals surface area contributed by atoms with Crippen LogP contribution in [0.1, 0.15) is 62.0 Å². The Kier molecular flexibility index (Phi) is 4.28. The molecule has 1 aromatic heterocycles. The first-order valence-electron chi connectivity index (χ1n) is 6.87. The van der Waals surface area contributed by atoms with Gasteiger partial charge in [-0.1, -0.05) is 26.2 Å². The van der Waals surface area contributed by atoms with Gasteiger partial charge in [0.05, 0.1) is 12.3 Å². The Morgan fingerprint density at radius 1 is 1.44 bits per heavy atom. The molecule has 18 heavy (non-hydrogen) atoms. The summed E-state index contributed by atoms with van der Waals surface area (Å²) in [6, 6.07) is 2.16. The molecular weight excluding hydrogens is 228 g/mol. The average molecular weight is 250 g/mol. The number of nitrogens with two attached hydrogens (primary N) is 1. The molecule has 0 bridgehead atoms. The summed E-state index contributed by atoms with van der Waals surface area (Å²) in [6.45, 7) is 2.67. The normalized spacial score (nSPS) is 14.7. The molecule has 0 radical (unpaired) electrons. The van der Waals surface area contributed by atoms with E-state index in [9.17, 15) is 4.79 Å². The van der Waals surface area contributed by atoms with Crippen LogP contribution >= 0.6 is 0 Å². The molecule has 1 aliphatic carbocycles. The monoisotopic (exact) mass is 250 g/mol. The maximum Gasteiger partial charge on any atom is 0.355 e. The molecule has 0 spiro atoms. The number of anilines is 1.